The Bertz CT molecular complexity index is 614. The van der Waals surface area contributed by atoms with Gasteiger partial charge in [0.25, 0.3) is 10.0 Å². The normalized spacial score (nSPS) is 26.7. The Kier molecular flexibility index (Phi) is 4.72. The van der Waals surface area contributed by atoms with Crippen LogP contribution in [0, 0.1) is 5.92 Å². The number of aliphatic hydroxyl groups excluding tert-OH is 1. The van der Waals surface area contributed by atoms with Crippen molar-refractivity contribution < 1.29 is 23.4 Å². The average Bonchev–Trinajstić information content (AvgIpc) is 2.92. The average molecular weight is 333 g/mol. The Hall–Kier alpha value is -0.960. The summed E-state index contributed by atoms with van der Waals surface area (Å²) in [6.07, 6.45) is 2.88. The van der Waals surface area contributed by atoms with Gasteiger partial charge < -0.3 is 10.2 Å². The van der Waals surface area contributed by atoms with E-state index in [4.69, 9.17) is 5.11 Å². The minimum absolute atomic E-state index is 0.0358. The lowest BCUT2D eigenvalue weighted by atomic mass is 9.78. The summed E-state index contributed by atoms with van der Waals surface area (Å²) in [6.45, 7) is 1.85. The second kappa shape index (κ2) is 6.04. The molecule has 0 aromatic carbocycles. The van der Waals surface area contributed by atoms with Crippen molar-refractivity contribution in [2.75, 3.05) is 6.61 Å². The van der Waals surface area contributed by atoms with E-state index in [1.165, 1.54) is 5.38 Å². The third-order valence-electron chi connectivity index (χ3n) is 3.97. The molecule has 118 valence electrons. The van der Waals surface area contributed by atoms with E-state index >= 15 is 0 Å². The second-order valence-corrected chi connectivity index (χ2v) is 8.51. The fraction of sp³-hybridized carbons (Fsp3) is 0.615. The molecule has 1 aliphatic rings. The molecule has 0 aliphatic heterocycles. The summed E-state index contributed by atoms with van der Waals surface area (Å²) in [5, 5.41) is 19.8. The van der Waals surface area contributed by atoms with E-state index in [0.717, 1.165) is 30.2 Å². The Morgan fingerprint density at radius 2 is 2.10 bits per heavy atom. The molecule has 0 spiro atoms. The molecule has 6 nitrogen and oxygen atoms in total. The van der Waals surface area contributed by atoms with E-state index in [1.807, 2.05) is 0 Å². The summed E-state index contributed by atoms with van der Waals surface area (Å²) in [6, 6.07) is 1.14. The van der Waals surface area contributed by atoms with Crippen LogP contribution in [0.5, 0.6) is 0 Å². The Labute approximate surface area is 127 Å². The Morgan fingerprint density at radius 3 is 2.57 bits per heavy atom. The minimum atomic E-state index is -3.82. The number of aromatic carboxylic acids is 1. The highest BCUT2D eigenvalue weighted by Gasteiger charge is 2.38. The molecular weight excluding hydrogens is 314 g/mol. The second-order valence-electron chi connectivity index (χ2n) is 5.69. The Morgan fingerprint density at radius 1 is 1.48 bits per heavy atom. The molecule has 1 aromatic rings. The number of carboxylic acid groups (broad SMARTS) is 1. The summed E-state index contributed by atoms with van der Waals surface area (Å²) in [7, 11) is -3.82. The molecule has 8 heteroatoms. The van der Waals surface area contributed by atoms with E-state index in [9.17, 15) is 18.3 Å². The van der Waals surface area contributed by atoms with Crippen LogP contribution >= 0.6 is 11.3 Å². The number of sulfonamides is 1. The first-order valence-corrected chi connectivity index (χ1v) is 9.11. The SMILES string of the molecule is CC1CCC(CO)(NS(=O)(=O)c2cc(C(=O)O)cs2)CC1. The van der Waals surface area contributed by atoms with Crippen molar-refractivity contribution in [1.29, 1.82) is 0 Å². The van der Waals surface area contributed by atoms with Gasteiger partial charge in [-0.2, -0.15) is 0 Å². The number of nitrogens with one attached hydrogen (secondary N) is 1. The zero-order valence-electron chi connectivity index (χ0n) is 11.7. The topological polar surface area (TPSA) is 104 Å². The van der Waals surface area contributed by atoms with E-state index in [2.05, 4.69) is 11.6 Å². The summed E-state index contributed by atoms with van der Waals surface area (Å²) in [5.74, 6) is -0.634. The van der Waals surface area contributed by atoms with E-state index in [1.54, 1.807) is 0 Å². The number of thiophene rings is 1. The number of carboxylic acids is 1. The first-order valence-electron chi connectivity index (χ1n) is 6.75. The number of rotatable bonds is 5. The summed E-state index contributed by atoms with van der Waals surface area (Å²) in [4.78, 5) is 10.8. The molecule has 0 amide bonds. The quantitative estimate of drug-likeness (QED) is 0.760. The summed E-state index contributed by atoms with van der Waals surface area (Å²) >= 11 is 0.870. The van der Waals surface area contributed by atoms with Crippen LogP contribution in [0.4, 0.5) is 0 Å². The van der Waals surface area contributed by atoms with Gasteiger partial charge in [0.05, 0.1) is 17.7 Å². The lowest BCUT2D eigenvalue weighted by Crippen LogP contribution is -2.53. The monoisotopic (exact) mass is 333 g/mol. The van der Waals surface area contributed by atoms with Crippen molar-refractivity contribution in [2.45, 2.75) is 42.4 Å². The molecule has 2 rings (SSSR count). The van der Waals surface area contributed by atoms with Gasteiger partial charge in [-0.3, -0.25) is 0 Å². The smallest absolute Gasteiger partial charge is 0.336 e. The highest BCUT2D eigenvalue weighted by atomic mass is 32.2. The fourth-order valence-electron chi connectivity index (χ4n) is 2.51. The van der Waals surface area contributed by atoms with Gasteiger partial charge in [-0.15, -0.1) is 11.3 Å². The molecule has 1 fully saturated rings. The number of carbonyl (C=O) groups is 1. The molecule has 0 radical (unpaired) electrons. The van der Waals surface area contributed by atoms with Gasteiger partial charge in [0, 0.05) is 5.38 Å². The van der Waals surface area contributed by atoms with Crippen LogP contribution in [0.1, 0.15) is 43.0 Å². The maximum absolute atomic E-state index is 12.4. The molecule has 3 N–H and O–H groups in total. The van der Waals surface area contributed by atoms with Crippen molar-refractivity contribution in [3.8, 4) is 0 Å². The molecule has 0 atom stereocenters. The van der Waals surface area contributed by atoms with E-state index in [-0.39, 0.29) is 16.4 Å². The zero-order valence-corrected chi connectivity index (χ0v) is 13.3. The van der Waals surface area contributed by atoms with Gasteiger partial charge >= 0.3 is 5.97 Å². The largest absolute Gasteiger partial charge is 0.478 e. The van der Waals surface area contributed by atoms with Gasteiger partial charge in [0.2, 0.25) is 0 Å². The summed E-state index contributed by atoms with van der Waals surface area (Å²) in [5.41, 5.74) is -0.880. The maximum Gasteiger partial charge on any atom is 0.336 e. The third kappa shape index (κ3) is 3.63. The van der Waals surface area contributed by atoms with Crippen LogP contribution in [0.2, 0.25) is 0 Å². The predicted molar refractivity (Wildman–Crippen MR) is 79.0 cm³/mol. The maximum atomic E-state index is 12.4. The Balaban J connectivity index is 2.20. The zero-order chi connectivity index (χ0) is 15.7. The van der Waals surface area contributed by atoms with Crippen molar-refractivity contribution in [1.82, 2.24) is 4.72 Å². The first kappa shape index (κ1) is 16.4. The molecule has 0 saturated heterocycles. The molecular formula is C13H19NO5S2. The molecule has 1 aromatic heterocycles. The number of hydrogen-bond donors (Lipinski definition) is 3. The van der Waals surface area contributed by atoms with Gasteiger partial charge in [-0.05, 0) is 37.7 Å². The molecule has 1 saturated carbocycles. The highest BCUT2D eigenvalue weighted by molar-refractivity contribution is 7.91. The molecule has 1 aliphatic carbocycles. The minimum Gasteiger partial charge on any atom is -0.478 e. The molecule has 21 heavy (non-hydrogen) atoms. The van der Waals surface area contributed by atoms with Crippen LogP contribution in [-0.4, -0.2) is 36.7 Å². The number of hydrogen-bond acceptors (Lipinski definition) is 5. The molecule has 0 unspecified atom stereocenters. The lowest BCUT2D eigenvalue weighted by molar-refractivity contribution is 0.0697. The van der Waals surface area contributed by atoms with Crippen molar-refractivity contribution in [3.63, 3.8) is 0 Å². The first-order chi connectivity index (χ1) is 9.78. The fourth-order valence-corrected chi connectivity index (χ4v) is 5.12. The van der Waals surface area contributed by atoms with E-state index in [0.29, 0.717) is 18.8 Å². The van der Waals surface area contributed by atoms with Crippen LogP contribution in [-0.2, 0) is 10.0 Å². The lowest BCUT2D eigenvalue weighted by Gasteiger charge is -2.38. The molecule has 1 heterocycles. The van der Waals surface area contributed by atoms with E-state index < -0.39 is 21.5 Å². The van der Waals surface area contributed by atoms with Crippen molar-refractivity contribution in [3.05, 3.63) is 17.0 Å². The van der Waals surface area contributed by atoms with Crippen molar-refractivity contribution in [2.24, 2.45) is 5.92 Å². The van der Waals surface area contributed by atoms with Crippen LogP contribution in [0.25, 0.3) is 0 Å². The third-order valence-corrected chi connectivity index (χ3v) is 6.99. The van der Waals surface area contributed by atoms with Crippen molar-refractivity contribution >= 4 is 27.3 Å². The molecule has 0 bridgehead atoms. The summed E-state index contributed by atoms with van der Waals surface area (Å²) < 4.78 is 27.3. The van der Waals surface area contributed by atoms with Gasteiger partial charge in [0.15, 0.2) is 0 Å². The van der Waals surface area contributed by atoms with Gasteiger partial charge in [0.1, 0.15) is 4.21 Å². The number of aliphatic hydroxyl groups is 1. The standard InChI is InChI=1S/C13H19NO5S2/c1-9-2-4-13(8-15,5-3-9)14-21(18,19)11-6-10(7-20-11)12(16)17/h6-7,9,14-15H,2-5,8H2,1H3,(H,16,17). The van der Waals surface area contributed by atoms with Crippen LogP contribution in [0.3, 0.4) is 0 Å². The van der Waals surface area contributed by atoms with Gasteiger partial charge in [-0.25, -0.2) is 17.9 Å². The van der Waals surface area contributed by atoms with Gasteiger partial charge in [-0.1, -0.05) is 6.92 Å². The van der Waals surface area contributed by atoms with Crippen LogP contribution < -0.4 is 4.72 Å². The predicted octanol–water partition coefficient (Wildman–Crippen LogP) is 1.67. The highest BCUT2D eigenvalue weighted by Crippen LogP contribution is 2.33. The van der Waals surface area contributed by atoms with Crippen LogP contribution in [0.15, 0.2) is 15.7 Å².